The highest BCUT2D eigenvalue weighted by Crippen LogP contribution is 2.18. The van der Waals surface area contributed by atoms with Crippen LogP contribution in [0.3, 0.4) is 0 Å². The van der Waals surface area contributed by atoms with Gasteiger partial charge in [0.15, 0.2) is 5.65 Å². The molecule has 0 spiro atoms. The summed E-state index contributed by atoms with van der Waals surface area (Å²) in [6, 6.07) is 7.76. The molecular formula is C13H12N4S. The van der Waals surface area contributed by atoms with Crippen LogP contribution in [0.15, 0.2) is 30.5 Å². The Balaban J connectivity index is 2.30. The first-order valence-corrected chi connectivity index (χ1v) is 6.08. The molecule has 1 N–H and O–H groups in total. The van der Waals surface area contributed by atoms with Crippen molar-refractivity contribution in [3.05, 3.63) is 46.4 Å². The van der Waals surface area contributed by atoms with Crippen LogP contribution in [0.5, 0.6) is 0 Å². The second-order valence-corrected chi connectivity index (χ2v) is 4.59. The smallest absolute Gasteiger partial charge is 0.155 e. The molecule has 3 rings (SSSR count). The van der Waals surface area contributed by atoms with Crippen molar-refractivity contribution in [2.45, 2.75) is 13.8 Å². The second-order valence-electron chi connectivity index (χ2n) is 4.21. The summed E-state index contributed by atoms with van der Waals surface area (Å²) in [7, 11) is 0. The summed E-state index contributed by atoms with van der Waals surface area (Å²) >= 11 is 5.42. The van der Waals surface area contributed by atoms with Crippen LogP contribution in [0.2, 0.25) is 0 Å². The van der Waals surface area contributed by atoms with Crippen LogP contribution in [0.1, 0.15) is 11.3 Å². The second kappa shape index (κ2) is 4.03. The average molecular weight is 256 g/mol. The number of aromatic nitrogens is 4. The van der Waals surface area contributed by atoms with E-state index >= 15 is 0 Å². The van der Waals surface area contributed by atoms with Gasteiger partial charge in [0, 0.05) is 23.5 Å². The van der Waals surface area contributed by atoms with Crippen molar-refractivity contribution in [1.29, 1.82) is 0 Å². The van der Waals surface area contributed by atoms with Crippen molar-refractivity contribution >= 4 is 17.9 Å². The maximum Gasteiger partial charge on any atom is 0.155 e. The van der Waals surface area contributed by atoms with E-state index in [9.17, 15) is 0 Å². The minimum Gasteiger partial charge on any atom is -0.289 e. The Bertz CT molecular complexity index is 771. The molecule has 0 aliphatic rings. The fourth-order valence-electron chi connectivity index (χ4n) is 1.87. The van der Waals surface area contributed by atoms with Gasteiger partial charge in [0.05, 0.1) is 11.4 Å². The highest BCUT2D eigenvalue weighted by Gasteiger charge is 2.08. The highest BCUT2D eigenvalue weighted by atomic mass is 32.1. The predicted octanol–water partition coefficient (Wildman–Crippen LogP) is 3.07. The van der Waals surface area contributed by atoms with E-state index in [1.165, 1.54) is 0 Å². The number of hydrogen-bond acceptors (Lipinski definition) is 3. The Morgan fingerprint density at radius 2 is 2.11 bits per heavy atom. The first kappa shape index (κ1) is 11.1. The first-order chi connectivity index (χ1) is 8.66. The summed E-state index contributed by atoms with van der Waals surface area (Å²) in [6.45, 7) is 3.96. The van der Waals surface area contributed by atoms with Gasteiger partial charge in [-0.3, -0.25) is 10.1 Å². The van der Waals surface area contributed by atoms with Crippen molar-refractivity contribution in [2.24, 2.45) is 0 Å². The Hall–Kier alpha value is -2.01. The number of fused-ring (bicyclic) bond motifs is 1. The van der Waals surface area contributed by atoms with Gasteiger partial charge in [-0.25, -0.2) is 9.50 Å². The zero-order valence-corrected chi connectivity index (χ0v) is 11.0. The lowest BCUT2D eigenvalue weighted by atomic mass is 10.2. The van der Waals surface area contributed by atoms with Crippen molar-refractivity contribution < 1.29 is 0 Å². The monoisotopic (exact) mass is 256 g/mol. The molecule has 0 saturated heterocycles. The summed E-state index contributed by atoms with van der Waals surface area (Å²) < 4.78 is 2.58. The largest absolute Gasteiger partial charge is 0.289 e. The summed E-state index contributed by atoms with van der Waals surface area (Å²) in [4.78, 5) is 8.83. The standard InChI is InChI=1S/C13H12N4S/c1-8-9(2)15-12-7-11(16-17(12)13(8)18)10-5-3-4-6-14-10/h3-7,16H,1-2H3. The van der Waals surface area contributed by atoms with Crippen LogP contribution in [0.25, 0.3) is 17.0 Å². The number of rotatable bonds is 1. The number of nitrogens with one attached hydrogen (secondary N) is 1. The first-order valence-electron chi connectivity index (χ1n) is 5.67. The molecule has 0 aromatic carbocycles. The molecule has 0 unspecified atom stereocenters. The molecule has 3 heterocycles. The molecule has 0 bridgehead atoms. The van der Waals surface area contributed by atoms with Crippen LogP contribution in [0, 0.1) is 18.5 Å². The topological polar surface area (TPSA) is 46.0 Å². The van der Waals surface area contributed by atoms with Crippen molar-refractivity contribution in [3.63, 3.8) is 0 Å². The SMILES string of the molecule is Cc1nc2cc(-c3ccccn3)[nH]n2c(=S)c1C. The van der Waals surface area contributed by atoms with E-state index < -0.39 is 0 Å². The molecule has 0 fully saturated rings. The number of H-pyrrole nitrogens is 1. The van der Waals surface area contributed by atoms with Gasteiger partial charge < -0.3 is 0 Å². The summed E-state index contributed by atoms with van der Waals surface area (Å²) in [5.41, 5.74) is 4.61. The molecule has 0 saturated carbocycles. The van der Waals surface area contributed by atoms with Crippen LogP contribution in [-0.4, -0.2) is 19.6 Å². The molecule has 18 heavy (non-hydrogen) atoms. The highest BCUT2D eigenvalue weighted by molar-refractivity contribution is 7.71. The molecule has 3 aromatic heterocycles. The normalized spacial score (nSPS) is 11.0. The third-order valence-electron chi connectivity index (χ3n) is 3.02. The number of nitrogens with zero attached hydrogens (tertiary/aromatic N) is 3. The molecule has 90 valence electrons. The number of pyridine rings is 1. The zero-order chi connectivity index (χ0) is 12.7. The maximum atomic E-state index is 5.42. The third-order valence-corrected chi connectivity index (χ3v) is 3.51. The Morgan fingerprint density at radius 3 is 2.83 bits per heavy atom. The lowest BCUT2D eigenvalue weighted by molar-refractivity contribution is 0.901. The zero-order valence-electron chi connectivity index (χ0n) is 10.1. The van der Waals surface area contributed by atoms with Crippen LogP contribution >= 0.6 is 12.2 Å². The van der Waals surface area contributed by atoms with Gasteiger partial charge in [0.2, 0.25) is 0 Å². The van der Waals surface area contributed by atoms with E-state index in [4.69, 9.17) is 12.2 Å². The molecule has 5 heteroatoms. The minimum absolute atomic E-state index is 0.764. The fraction of sp³-hybridized carbons (Fsp3) is 0.154. The van der Waals surface area contributed by atoms with Crippen LogP contribution in [-0.2, 0) is 0 Å². The summed E-state index contributed by atoms with van der Waals surface area (Å²) in [5.74, 6) is 0. The molecule has 0 radical (unpaired) electrons. The molecule has 0 amide bonds. The summed E-state index contributed by atoms with van der Waals surface area (Å²) in [6.07, 6.45) is 1.77. The lowest BCUT2D eigenvalue weighted by Crippen LogP contribution is -1.98. The fourth-order valence-corrected chi connectivity index (χ4v) is 2.16. The van der Waals surface area contributed by atoms with Gasteiger partial charge in [-0.2, -0.15) is 0 Å². The van der Waals surface area contributed by atoms with Gasteiger partial charge in [-0.05, 0) is 26.0 Å². The number of aromatic amines is 1. The Labute approximate surface area is 109 Å². The van der Waals surface area contributed by atoms with E-state index in [1.807, 2.05) is 42.6 Å². The van der Waals surface area contributed by atoms with Gasteiger partial charge in [0.25, 0.3) is 0 Å². The van der Waals surface area contributed by atoms with Gasteiger partial charge in [-0.15, -0.1) is 0 Å². The molecule has 0 atom stereocenters. The van der Waals surface area contributed by atoms with E-state index in [2.05, 4.69) is 15.1 Å². The summed E-state index contributed by atoms with van der Waals surface area (Å²) in [5, 5.41) is 3.24. The molecule has 0 aliphatic carbocycles. The number of hydrogen-bond donors (Lipinski definition) is 1. The van der Waals surface area contributed by atoms with Gasteiger partial charge in [0.1, 0.15) is 4.64 Å². The van der Waals surface area contributed by atoms with Gasteiger partial charge >= 0.3 is 0 Å². The van der Waals surface area contributed by atoms with Crippen molar-refractivity contribution in [1.82, 2.24) is 19.6 Å². The Morgan fingerprint density at radius 1 is 1.28 bits per heavy atom. The number of aryl methyl sites for hydroxylation is 1. The predicted molar refractivity (Wildman–Crippen MR) is 73.1 cm³/mol. The van der Waals surface area contributed by atoms with E-state index in [0.29, 0.717) is 0 Å². The molecule has 4 nitrogen and oxygen atoms in total. The third kappa shape index (κ3) is 1.64. The molecule has 0 aliphatic heterocycles. The Kier molecular flexibility index (Phi) is 2.48. The maximum absolute atomic E-state index is 5.42. The van der Waals surface area contributed by atoms with E-state index in [0.717, 1.165) is 32.9 Å². The average Bonchev–Trinajstić information content (AvgIpc) is 2.81. The van der Waals surface area contributed by atoms with E-state index in [-0.39, 0.29) is 0 Å². The van der Waals surface area contributed by atoms with Crippen molar-refractivity contribution in [3.8, 4) is 11.4 Å². The van der Waals surface area contributed by atoms with Crippen molar-refractivity contribution in [2.75, 3.05) is 0 Å². The minimum atomic E-state index is 0.764. The van der Waals surface area contributed by atoms with Crippen LogP contribution in [0.4, 0.5) is 0 Å². The van der Waals surface area contributed by atoms with E-state index in [1.54, 1.807) is 6.20 Å². The molecular weight excluding hydrogens is 244 g/mol. The van der Waals surface area contributed by atoms with Crippen LogP contribution < -0.4 is 0 Å². The van der Waals surface area contributed by atoms with Gasteiger partial charge in [-0.1, -0.05) is 18.3 Å². The molecule has 3 aromatic rings. The lowest BCUT2D eigenvalue weighted by Gasteiger charge is -2.01. The quantitative estimate of drug-likeness (QED) is 0.681.